The lowest BCUT2D eigenvalue weighted by Crippen LogP contribution is -2.34. The molecule has 11 heteroatoms. The van der Waals surface area contributed by atoms with E-state index in [1.54, 1.807) is 24.3 Å². The van der Waals surface area contributed by atoms with Gasteiger partial charge in [-0.2, -0.15) is 26.3 Å². The Morgan fingerprint density at radius 1 is 0.976 bits per heavy atom. The Labute approximate surface area is 232 Å². The number of anilines is 1. The van der Waals surface area contributed by atoms with E-state index >= 15 is 0 Å². The maximum Gasteiger partial charge on any atom is 0.416 e. The number of amides is 2. The van der Waals surface area contributed by atoms with Crippen LogP contribution in [0.3, 0.4) is 0 Å². The first-order chi connectivity index (χ1) is 19.1. The zero-order valence-corrected chi connectivity index (χ0v) is 22.1. The van der Waals surface area contributed by atoms with E-state index in [-0.39, 0.29) is 30.9 Å². The molecule has 2 heterocycles. The normalized spacial score (nSPS) is 25.2. The van der Waals surface area contributed by atoms with Crippen LogP contribution in [0, 0.1) is 17.8 Å². The van der Waals surface area contributed by atoms with E-state index in [1.165, 1.54) is 0 Å². The lowest BCUT2D eigenvalue weighted by atomic mass is 9.70. The molecule has 2 aromatic carbocycles. The third kappa shape index (κ3) is 5.51. The van der Waals surface area contributed by atoms with Gasteiger partial charge in [0.25, 0.3) is 0 Å². The summed E-state index contributed by atoms with van der Waals surface area (Å²) < 4.78 is 86.8. The molecule has 0 bridgehead atoms. The van der Waals surface area contributed by atoms with Crippen molar-refractivity contribution in [3.05, 3.63) is 75.9 Å². The van der Waals surface area contributed by atoms with E-state index < -0.39 is 58.7 Å². The van der Waals surface area contributed by atoms with Gasteiger partial charge in [-0.15, -0.1) is 0 Å². The van der Waals surface area contributed by atoms with Gasteiger partial charge in [0.15, 0.2) is 0 Å². The summed E-state index contributed by atoms with van der Waals surface area (Å²) >= 11 is 0. The fourth-order valence-corrected chi connectivity index (χ4v) is 6.24. The van der Waals surface area contributed by atoms with Gasteiger partial charge in [-0.1, -0.05) is 29.4 Å². The molecule has 2 saturated heterocycles. The summed E-state index contributed by atoms with van der Waals surface area (Å²) in [4.78, 5) is 27.4. The van der Waals surface area contributed by atoms with E-state index in [1.807, 2.05) is 19.9 Å². The number of nitrogens with zero attached hydrogens (tertiary/aromatic N) is 1. The van der Waals surface area contributed by atoms with E-state index in [0.717, 1.165) is 22.3 Å². The predicted octanol–water partition coefficient (Wildman–Crippen LogP) is 7.15. The van der Waals surface area contributed by atoms with Gasteiger partial charge in [-0.3, -0.25) is 9.59 Å². The number of hydrogen-bond donors (Lipinski definition) is 1. The van der Waals surface area contributed by atoms with Crippen LogP contribution in [0.25, 0.3) is 6.08 Å². The molecule has 41 heavy (non-hydrogen) atoms. The molecule has 218 valence electrons. The molecule has 0 saturated carbocycles. The fourth-order valence-electron chi connectivity index (χ4n) is 6.24. The van der Waals surface area contributed by atoms with Crippen molar-refractivity contribution >= 4 is 23.6 Å². The molecule has 5 nitrogen and oxygen atoms in total. The zero-order valence-electron chi connectivity index (χ0n) is 22.1. The quantitative estimate of drug-likeness (QED) is 0.232. The summed E-state index contributed by atoms with van der Waals surface area (Å²) in [5, 5.41) is 9.46. The maximum atomic E-state index is 13.6. The molecule has 3 aliphatic rings. The van der Waals surface area contributed by atoms with Crippen LogP contribution in [-0.4, -0.2) is 29.6 Å². The number of alkyl halides is 6. The lowest BCUT2D eigenvalue weighted by molar-refractivity contribution is -0.143. The third-order valence-electron chi connectivity index (χ3n) is 8.09. The summed E-state index contributed by atoms with van der Waals surface area (Å²) in [5.41, 5.74) is -0.215. The summed E-state index contributed by atoms with van der Waals surface area (Å²) in [5.74, 6) is -3.76. The number of carbonyl (C=O) groups is 2. The first-order valence-electron chi connectivity index (χ1n) is 13.1. The number of fused-ring (bicyclic) bond motifs is 3. The second kappa shape index (κ2) is 10.3. The number of allylic oxidation sites excluding steroid dienone is 2. The standard InChI is InChI=1S/C30H27F6NO4/c1-15(9-17-4-6-21(38)7-5-17)3-8-24-25-16(2)10-22-26(23(25)14-41-24)28(40)37(27(22)39)20-12-18(29(31,32)33)11-19(13-20)30(34,35)36/h4-7,9,11-13,22-24,26,38H,3,8,10,14H2,1-2H3/b15-9+/t22-,23+,24-,26-/m1/s1. The monoisotopic (exact) mass is 579 g/mol. The number of aromatic hydroxyl groups is 1. The van der Waals surface area contributed by atoms with Gasteiger partial charge in [-0.05, 0) is 74.6 Å². The number of benzene rings is 2. The van der Waals surface area contributed by atoms with E-state index in [0.29, 0.717) is 29.9 Å². The summed E-state index contributed by atoms with van der Waals surface area (Å²) in [7, 11) is 0. The maximum absolute atomic E-state index is 13.6. The molecule has 0 spiro atoms. The number of carbonyl (C=O) groups excluding carboxylic acids is 2. The smallest absolute Gasteiger partial charge is 0.416 e. The van der Waals surface area contributed by atoms with Crippen LogP contribution in [-0.2, 0) is 26.7 Å². The Hall–Kier alpha value is -3.60. The first kappa shape index (κ1) is 28.9. The molecule has 4 atom stereocenters. The summed E-state index contributed by atoms with van der Waals surface area (Å²) in [6.45, 7) is 3.91. The SMILES string of the molecule is CC1=C2[C@@H](CC/C(C)=C/c3ccc(O)cc3)OC[C@@H]2[C@@H]2C(=O)N(c3cc(C(F)(F)F)cc(C(F)(F)F)c3)C(=O)[C@@H]2C1. The van der Waals surface area contributed by atoms with Crippen LogP contribution in [0.2, 0.25) is 0 Å². The van der Waals surface area contributed by atoms with Gasteiger partial charge in [0.1, 0.15) is 5.75 Å². The van der Waals surface area contributed by atoms with Crippen LogP contribution < -0.4 is 4.90 Å². The van der Waals surface area contributed by atoms with Crippen molar-refractivity contribution in [1.29, 1.82) is 0 Å². The van der Waals surface area contributed by atoms with Gasteiger partial charge in [0.2, 0.25) is 11.8 Å². The van der Waals surface area contributed by atoms with Crippen molar-refractivity contribution in [3.63, 3.8) is 0 Å². The van der Waals surface area contributed by atoms with E-state index in [9.17, 15) is 41.0 Å². The van der Waals surface area contributed by atoms with Crippen LogP contribution >= 0.6 is 0 Å². The minimum Gasteiger partial charge on any atom is -0.508 e. The van der Waals surface area contributed by atoms with Crippen LogP contribution in [0.15, 0.2) is 59.2 Å². The van der Waals surface area contributed by atoms with Gasteiger partial charge >= 0.3 is 12.4 Å². The highest BCUT2D eigenvalue weighted by Gasteiger charge is 2.57. The fraction of sp³-hybridized carbons (Fsp3) is 0.400. The van der Waals surface area contributed by atoms with Crippen molar-refractivity contribution in [3.8, 4) is 5.75 Å². The van der Waals surface area contributed by atoms with Gasteiger partial charge in [-0.25, -0.2) is 4.90 Å². The Morgan fingerprint density at radius 2 is 1.59 bits per heavy atom. The number of hydrogen-bond acceptors (Lipinski definition) is 4. The zero-order chi connectivity index (χ0) is 29.9. The highest BCUT2D eigenvalue weighted by molar-refractivity contribution is 6.22. The van der Waals surface area contributed by atoms with Crippen LogP contribution in [0.1, 0.15) is 49.8 Å². The molecule has 2 fully saturated rings. The average molecular weight is 580 g/mol. The summed E-state index contributed by atoms with van der Waals surface area (Å²) in [6, 6.07) is 7.54. The van der Waals surface area contributed by atoms with Crippen molar-refractivity contribution < 1.29 is 45.8 Å². The Balaban J connectivity index is 1.38. The lowest BCUT2D eigenvalue weighted by Gasteiger charge is -2.30. The second-order valence-electron chi connectivity index (χ2n) is 10.9. The predicted molar refractivity (Wildman–Crippen MR) is 137 cm³/mol. The molecule has 2 amide bonds. The minimum absolute atomic E-state index is 0.0289. The molecule has 1 aliphatic carbocycles. The number of halogens is 6. The van der Waals surface area contributed by atoms with Crippen molar-refractivity contribution in [2.75, 3.05) is 11.5 Å². The molecule has 0 aromatic heterocycles. The first-order valence-corrected chi connectivity index (χ1v) is 13.1. The number of rotatable bonds is 5. The highest BCUT2D eigenvalue weighted by atomic mass is 19.4. The number of phenolic OH excluding ortho intramolecular Hbond substituents is 1. The highest BCUT2D eigenvalue weighted by Crippen LogP contribution is 2.51. The molecule has 2 aliphatic heterocycles. The Morgan fingerprint density at radius 3 is 2.17 bits per heavy atom. The van der Waals surface area contributed by atoms with Crippen LogP contribution in [0.5, 0.6) is 5.75 Å². The number of imide groups is 1. The molecule has 0 radical (unpaired) electrons. The van der Waals surface area contributed by atoms with Crippen molar-refractivity contribution in [1.82, 2.24) is 0 Å². The second-order valence-corrected chi connectivity index (χ2v) is 10.9. The van der Waals surface area contributed by atoms with Crippen LogP contribution in [0.4, 0.5) is 32.0 Å². The van der Waals surface area contributed by atoms with Gasteiger partial charge in [0, 0.05) is 5.92 Å². The van der Waals surface area contributed by atoms with E-state index in [4.69, 9.17) is 4.74 Å². The molecule has 2 aromatic rings. The third-order valence-corrected chi connectivity index (χ3v) is 8.09. The molecule has 0 unspecified atom stereocenters. The minimum atomic E-state index is -5.11. The van der Waals surface area contributed by atoms with Gasteiger partial charge in [0.05, 0.1) is 41.4 Å². The Kier molecular flexibility index (Phi) is 7.30. The van der Waals surface area contributed by atoms with Gasteiger partial charge < -0.3 is 9.84 Å². The van der Waals surface area contributed by atoms with E-state index in [2.05, 4.69) is 0 Å². The molecular weight excluding hydrogens is 552 g/mol. The average Bonchev–Trinajstić information content (AvgIpc) is 3.42. The molecular formula is C30H27F6NO4. The number of phenols is 1. The number of ether oxygens (including phenoxy) is 1. The Bertz CT molecular complexity index is 1410. The van der Waals surface area contributed by atoms with Crippen molar-refractivity contribution in [2.24, 2.45) is 17.8 Å². The topological polar surface area (TPSA) is 66.8 Å². The largest absolute Gasteiger partial charge is 0.508 e. The molecule has 5 rings (SSSR count). The van der Waals surface area contributed by atoms with Crippen molar-refractivity contribution in [2.45, 2.75) is 51.6 Å². The summed E-state index contributed by atoms with van der Waals surface area (Å²) in [6.07, 6.45) is -7.15. The molecule has 1 N–H and O–H groups in total.